The number of halogens is 3. The Morgan fingerprint density at radius 3 is 2.67 bits per heavy atom. The van der Waals surface area contributed by atoms with Crippen LogP contribution in [0, 0.1) is 5.82 Å². The molecule has 1 aromatic carbocycles. The molecule has 1 fully saturated rings. The van der Waals surface area contributed by atoms with Gasteiger partial charge in [0, 0.05) is 24.8 Å². The molecule has 138 valence electrons. The van der Waals surface area contributed by atoms with Crippen molar-refractivity contribution in [3.8, 4) is 11.1 Å². The smallest absolute Gasteiger partial charge is 0.266 e. The van der Waals surface area contributed by atoms with Crippen molar-refractivity contribution in [2.75, 3.05) is 13.1 Å². The van der Waals surface area contributed by atoms with Gasteiger partial charge < -0.3 is 4.90 Å². The number of hydrogen-bond acceptors (Lipinski definition) is 3. The molecule has 0 N–H and O–H groups in total. The van der Waals surface area contributed by atoms with Crippen molar-refractivity contribution in [3.05, 3.63) is 60.2 Å². The van der Waals surface area contributed by atoms with Crippen LogP contribution in [0.15, 0.2) is 48.8 Å². The van der Waals surface area contributed by atoms with Crippen LogP contribution in [0.2, 0.25) is 0 Å². The maximum absolute atomic E-state index is 13.5. The number of carbonyl (C=O) groups is 1. The summed E-state index contributed by atoms with van der Waals surface area (Å²) in [7, 11) is 0. The molecule has 0 bridgehead atoms. The van der Waals surface area contributed by atoms with Crippen LogP contribution in [-0.2, 0) is 11.3 Å². The summed E-state index contributed by atoms with van der Waals surface area (Å²) in [5, 5.41) is 4.19. The highest BCUT2D eigenvalue weighted by molar-refractivity contribution is 5.83. The number of hydrogen-bond donors (Lipinski definition) is 0. The van der Waals surface area contributed by atoms with Crippen molar-refractivity contribution < 1.29 is 18.0 Å². The highest BCUT2D eigenvalue weighted by atomic mass is 19.3. The minimum absolute atomic E-state index is 0.0492. The van der Waals surface area contributed by atoms with E-state index in [9.17, 15) is 18.0 Å². The number of likely N-dealkylation sites (tertiary alicyclic amines) is 1. The first-order chi connectivity index (χ1) is 12.9. The van der Waals surface area contributed by atoms with Crippen LogP contribution in [0.4, 0.5) is 13.2 Å². The number of aromatic nitrogens is 3. The molecule has 3 heterocycles. The van der Waals surface area contributed by atoms with Gasteiger partial charge in [-0.2, -0.15) is 5.10 Å². The van der Waals surface area contributed by atoms with Crippen LogP contribution in [0.3, 0.4) is 0 Å². The Bertz CT molecular complexity index is 1050. The lowest BCUT2D eigenvalue weighted by Crippen LogP contribution is -2.45. The molecule has 1 aliphatic rings. The quantitative estimate of drug-likeness (QED) is 0.658. The van der Waals surface area contributed by atoms with Crippen LogP contribution in [-0.4, -0.2) is 38.7 Å². The van der Waals surface area contributed by atoms with Gasteiger partial charge in [-0.05, 0) is 29.3 Å². The third-order valence-electron chi connectivity index (χ3n) is 4.53. The second-order valence-corrected chi connectivity index (χ2v) is 6.47. The van der Waals surface area contributed by atoms with Gasteiger partial charge in [0.15, 0.2) is 0 Å². The van der Waals surface area contributed by atoms with Gasteiger partial charge in [-0.15, -0.1) is 0 Å². The molecule has 0 atom stereocenters. The molecule has 27 heavy (non-hydrogen) atoms. The fraction of sp³-hybridized carbons (Fsp3) is 0.211. The van der Waals surface area contributed by atoms with Crippen molar-refractivity contribution in [2.24, 2.45) is 0 Å². The molecule has 5 nitrogen and oxygen atoms in total. The van der Waals surface area contributed by atoms with Gasteiger partial charge in [0.2, 0.25) is 5.91 Å². The van der Waals surface area contributed by atoms with E-state index in [0.717, 1.165) is 17.7 Å². The highest BCUT2D eigenvalue weighted by Gasteiger charge is 2.24. The lowest BCUT2D eigenvalue weighted by molar-refractivity contribution is -0.133. The van der Waals surface area contributed by atoms with Gasteiger partial charge in [0.05, 0.1) is 17.3 Å². The number of benzene rings is 1. The lowest BCUT2D eigenvalue weighted by Gasteiger charge is -2.33. The van der Waals surface area contributed by atoms with Gasteiger partial charge in [0.25, 0.3) is 6.43 Å². The Morgan fingerprint density at radius 2 is 1.96 bits per heavy atom. The molecule has 0 spiro atoms. The molecule has 0 unspecified atom stereocenters. The lowest BCUT2D eigenvalue weighted by atomic mass is 10.0. The first kappa shape index (κ1) is 17.3. The van der Waals surface area contributed by atoms with Crippen molar-refractivity contribution in [1.82, 2.24) is 19.7 Å². The van der Waals surface area contributed by atoms with Crippen molar-refractivity contribution >= 4 is 16.9 Å². The number of nitrogens with zero attached hydrogens (tertiary/aromatic N) is 4. The highest BCUT2D eigenvalue weighted by Crippen LogP contribution is 2.29. The standard InChI is InChI=1S/C19H15F3N4O/c1-11-8-25(9-11)18(27)10-26-17-5-13(6-23-16(17)7-24-26)12-2-3-15(20)14(4-12)19(21)22/h2-7,19H,1,8-10H2. The molecule has 2 aromatic heterocycles. The summed E-state index contributed by atoms with van der Waals surface area (Å²) >= 11 is 0. The molecular formula is C19H15F3N4O. The number of rotatable bonds is 4. The fourth-order valence-electron chi connectivity index (χ4n) is 3.03. The molecule has 1 amide bonds. The van der Waals surface area contributed by atoms with Crippen LogP contribution in [0.5, 0.6) is 0 Å². The zero-order chi connectivity index (χ0) is 19.1. The second-order valence-electron chi connectivity index (χ2n) is 6.47. The van der Waals surface area contributed by atoms with E-state index in [4.69, 9.17) is 0 Å². The number of fused-ring (bicyclic) bond motifs is 1. The maximum atomic E-state index is 13.5. The Labute approximate surface area is 152 Å². The van der Waals surface area contributed by atoms with E-state index in [2.05, 4.69) is 16.7 Å². The summed E-state index contributed by atoms with van der Waals surface area (Å²) in [4.78, 5) is 18.2. The van der Waals surface area contributed by atoms with Gasteiger partial charge in [-0.25, -0.2) is 13.2 Å². The number of amides is 1. The predicted octanol–water partition coefficient (Wildman–Crippen LogP) is 3.57. The molecule has 0 aliphatic carbocycles. The molecular weight excluding hydrogens is 357 g/mol. The summed E-state index contributed by atoms with van der Waals surface area (Å²) < 4.78 is 41.0. The van der Waals surface area contributed by atoms with E-state index in [0.29, 0.717) is 35.2 Å². The monoisotopic (exact) mass is 372 g/mol. The molecule has 8 heteroatoms. The molecule has 0 saturated carbocycles. The van der Waals surface area contributed by atoms with Crippen LogP contribution in [0.1, 0.15) is 12.0 Å². The van der Waals surface area contributed by atoms with Crippen molar-refractivity contribution in [1.29, 1.82) is 0 Å². The van der Waals surface area contributed by atoms with E-state index < -0.39 is 17.8 Å². The van der Waals surface area contributed by atoms with E-state index in [1.807, 2.05) is 0 Å². The Morgan fingerprint density at radius 1 is 1.19 bits per heavy atom. The third kappa shape index (κ3) is 3.18. The van der Waals surface area contributed by atoms with Gasteiger partial charge in [-0.3, -0.25) is 14.5 Å². The largest absolute Gasteiger partial charge is 0.333 e. The minimum Gasteiger partial charge on any atom is -0.333 e. The van der Waals surface area contributed by atoms with Gasteiger partial charge in [-0.1, -0.05) is 12.6 Å². The average Bonchev–Trinajstić information content (AvgIpc) is 3.01. The summed E-state index contributed by atoms with van der Waals surface area (Å²) in [5.74, 6) is -1.03. The molecule has 1 saturated heterocycles. The summed E-state index contributed by atoms with van der Waals surface area (Å²) in [6, 6.07) is 5.25. The van der Waals surface area contributed by atoms with E-state index in [1.165, 1.54) is 23.1 Å². The number of carbonyl (C=O) groups excluding carboxylic acids is 1. The Balaban J connectivity index is 1.67. The first-order valence-electron chi connectivity index (χ1n) is 8.26. The summed E-state index contributed by atoms with van der Waals surface area (Å²) in [5.41, 5.74) is 2.48. The zero-order valence-electron chi connectivity index (χ0n) is 14.2. The number of pyridine rings is 1. The Kier molecular flexibility index (Phi) is 4.18. The topological polar surface area (TPSA) is 51.0 Å². The van der Waals surface area contributed by atoms with E-state index in [-0.39, 0.29) is 12.5 Å². The van der Waals surface area contributed by atoms with Crippen LogP contribution < -0.4 is 0 Å². The summed E-state index contributed by atoms with van der Waals surface area (Å²) in [6.45, 7) is 4.95. The van der Waals surface area contributed by atoms with Crippen LogP contribution in [0.25, 0.3) is 22.2 Å². The van der Waals surface area contributed by atoms with Crippen LogP contribution >= 0.6 is 0 Å². The minimum atomic E-state index is -2.91. The van der Waals surface area contributed by atoms with Gasteiger partial charge in [0.1, 0.15) is 17.9 Å². The Hall–Kier alpha value is -3.16. The summed E-state index contributed by atoms with van der Waals surface area (Å²) in [6.07, 6.45) is 0.144. The molecule has 3 aromatic rings. The molecule has 4 rings (SSSR count). The normalized spacial score (nSPS) is 14.1. The van der Waals surface area contributed by atoms with Crippen molar-refractivity contribution in [3.63, 3.8) is 0 Å². The van der Waals surface area contributed by atoms with E-state index >= 15 is 0 Å². The third-order valence-corrected chi connectivity index (χ3v) is 4.53. The number of alkyl halides is 2. The molecule has 1 aliphatic heterocycles. The maximum Gasteiger partial charge on any atom is 0.266 e. The zero-order valence-corrected chi connectivity index (χ0v) is 14.2. The van der Waals surface area contributed by atoms with Crippen molar-refractivity contribution in [2.45, 2.75) is 13.0 Å². The second kappa shape index (κ2) is 6.53. The predicted molar refractivity (Wildman–Crippen MR) is 93.6 cm³/mol. The molecule has 0 radical (unpaired) electrons. The SMILES string of the molecule is C=C1CN(C(=O)Cn2ncc3ncc(-c4ccc(F)c(C(F)F)c4)cc32)C1. The first-order valence-corrected chi connectivity index (χ1v) is 8.26. The fourth-order valence-corrected chi connectivity index (χ4v) is 3.03. The van der Waals surface area contributed by atoms with E-state index in [1.54, 1.807) is 11.0 Å². The van der Waals surface area contributed by atoms with Gasteiger partial charge >= 0.3 is 0 Å². The average molecular weight is 372 g/mol.